The Kier molecular flexibility index (Phi) is 4.79. The number of anilines is 2. The number of nitrogens with one attached hydrogen (secondary N) is 2. The lowest BCUT2D eigenvalue weighted by molar-refractivity contribution is -0.134. The standard InChI is InChI=1S/C21H24N4O2/c26-19(23-15-16-7-11-22-12-8-16)21(9-10-21)20(27)24-17-3-5-18(6-4-17)25-13-1-2-14-25/h3-8,11-12H,1-2,9-10,13-15H2,(H,23,26)(H,24,27). The van der Waals surface area contributed by atoms with Crippen LogP contribution in [0.3, 0.4) is 0 Å². The van der Waals surface area contributed by atoms with Crippen LogP contribution in [0, 0.1) is 5.41 Å². The van der Waals surface area contributed by atoms with Crippen LogP contribution in [-0.2, 0) is 16.1 Å². The molecule has 1 aromatic carbocycles. The maximum Gasteiger partial charge on any atom is 0.240 e. The van der Waals surface area contributed by atoms with E-state index in [-0.39, 0.29) is 11.8 Å². The van der Waals surface area contributed by atoms with Crippen molar-refractivity contribution in [3.63, 3.8) is 0 Å². The number of carbonyl (C=O) groups excluding carboxylic acids is 2. The Morgan fingerprint density at radius 3 is 2.26 bits per heavy atom. The molecule has 4 rings (SSSR count). The summed E-state index contributed by atoms with van der Waals surface area (Å²) in [6, 6.07) is 11.6. The molecule has 140 valence electrons. The van der Waals surface area contributed by atoms with Crippen molar-refractivity contribution in [1.82, 2.24) is 10.3 Å². The Morgan fingerprint density at radius 2 is 1.63 bits per heavy atom. The minimum atomic E-state index is -0.930. The zero-order chi connectivity index (χ0) is 18.7. The van der Waals surface area contributed by atoms with E-state index in [1.165, 1.54) is 18.5 Å². The van der Waals surface area contributed by atoms with Crippen LogP contribution in [0.1, 0.15) is 31.2 Å². The third kappa shape index (κ3) is 3.79. The Hall–Kier alpha value is -2.89. The third-order valence-corrected chi connectivity index (χ3v) is 5.42. The lowest BCUT2D eigenvalue weighted by Gasteiger charge is -2.19. The molecular formula is C21H24N4O2. The van der Waals surface area contributed by atoms with Crippen molar-refractivity contribution in [3.05, 3.63) is 54.4 Å². The zero-order valence-electron chi connectivity index (χ0n) is 15.3. The fraction of sp³-hybridized carbons (Fsp3) is 0.381. The van der Waals surface area contributed by atoms with Crippen molar-refractivity contribution < 1.29 is 9.59 Å². The molecular weight excluding hydrogens is 340 g/mol. The summed E-state index contributed by atoms with van der Waals surface area (Å²) in [5.41, 5.74) is 1.95. The summed E-state index contributed by atoms with van der Waals surface area (Å²) in [6.07, 6.45) is 7.02. The Morgan fingerprint density at radius 1 is 0.963 bits per heavy atom. The normalized spacial score (nSPS) is 17.4. The highest BCUT2D eigenvalue weighted by Crippen LogP contribution is 2.47. The maximum absolute atomic E-state index is 12.7. The van der Waals surface area contributed by atoms with Crippen molar-refractivity contribution in [3.8, 4) is 0 Å². The van der Waals surface area contributed by atoms with E-state index >= 15 is 0 Å². The molecule has 2 N–H and O–H groups in total. The van der Waals surface area contributed by atoms with Gasteiger partial charge in [-0.25, -0.2) is 0 Å². The number of hydrogen-bond donors (Lipinski definition) is 2. The smallest absolute Gasteiger partial charge is 0.240 e. The molecule has 27 heavy (non-hydrogen) atoms. The molecule has 2 fully saturated rings. The predicted molar refractivity (Wildman–Crippen MR) is 104 cm³/mol. The van der Waals surface area contributed by atoms with Gasteiger partial charge in [-0.05, 0) is 67.6 Å². The van der Waals surface area contributed by atoms with Crippen LogP contribution in [-0.4, -0.2) is 29.9 Å². The molecule has 0 bridgehead atoms. The van der Waals surface area contributed by atoms with Crippen molar-refractivity contribution in [2.45, 2.75) is 32.2 Å². The molecule has 2 aromatic rings. The first kappa shape index (κ1) is 17.5. The van der Waals surface area contributed by atoms with Crippen LogP contribution in [0.4, 0.5) is 11.4 Å². The number of benzene rings is 1. The minimum Gasteiger partial charge on any atom is -0.372 e. The molecule has 6 heteroatoms. The van der Waals surface area contributed by atoms with Gasteiger partial charge in [0.2, 0.25) is 11.8 Å². The average molecular weight is 364 g/mol. The van der Waals surface area contributed by atoms with Gasteiger partial charge in [0, 0.05) is 43.4 Å². The van der Waals surface area contributed by atoms with Crippen molar-refractivity contribution >= 4 is 23.2 Å². The number of hydrogen-bond acceptors (Lipinski definition) is 4. The second-order valence-electron chi connectivity index (χ2n) is 7.32. The van der Waals surface area contributed by atoms with Gasteiger partial charge in [-0.15, -0.1) is 0 Å². The molecule has 2 amide bonds. The van der Waals surface area contributed by atoms with Gasteiger partial charge in [-0.1, -0.05) is 0 Å². The number of aromatic nitrogens is 1. The van der Waals surface area contributed by atoms with Gasteiger partial charge in [-0.2, -0.15) is 0 Å². The van der Waals surface area contributed by atoms with Crippen LogP contribution < -0.4 is 15.5 Å². The van der Waals surface area contributed by atoms with Crippen molar-refractivity contribution in [2.75, 3.05) is 23.3 Å². The Balaban J connectivity index is 1.35. The van der Waals surface area contributed by atoms with Crippen LogP contribution in [0.15, 0.2) is 48.8 Å². The summed E-state index contributed by atoms with van der Waals surface area (Å²) >= 11 is 0. The number of carbonyl (C=O) groups is 2. The van der Waals surface area contributed by atoms with Crippen LogP contribution in [0.2, 0.25) is 0 Å². The van der Waals surface area contributed by atoms with E-state index in [0.717, 1.165) is 24.3 Å². The summed E-state index contributed by atoms with van der Waals surface area (Å²) < 4.78 is 0. The number of rotatable bonds is 6. The van der Waals surface area contributed by atoms with E-state index < -0.39 is 5.41 Å². The highest BCUT2D eigenvalue weighted by atomic mass is 16.2. The lowest BCUT2D eigenvalue weighted by Crippen LogP contribution is -2.39. The quantitative estimate of drug-likeness (QED) is 0.773. The summed E-state index contributed by atoms with van der Waals surface area (Å²) in [6.45, 7) is 2.58. The van der Waals surface area contributed by atoms with Crippen molar-refractivity contribution in [1.29, 1.82) is 0 Å². The first-order chi connectivity index (χ1) is 13.2. The number of nitrogens with zero attached hydrogens (tertiary/aromatic N) is 2. The topological polar surface area (TPSA) is 74.3 Å². The largest absolute Gasteiger partial charge is 0.372 e. The number of pyridine rings is 1. The highest BCUT2D eigenvalue weighted by Gasteiger charge is 2.56. The molecule has 0 unspecified atom stereocenters. The minimum absolute atomic E-state index is 0.203. The molecule has 1 aromatic heterocycles. The SMILES string of the molecule is O=C(NCc1ccncc1)C1(C(=O)Nc2ccc(N3CCCC3)cc2)CC1. The second-order valence-corrected chi connectivity index (χ2v) is 7.32. The van der Waals surface area contributed by atoms with Gasteiger partial charge in [0.25, 0.3) is 0 Å². The van der Waals surface area contributed by atoms with Gasteiger partial charge >= 0.3 is 0 Å². The first-order valence-electron chi connectivity index (χ1n) is 9.51. The van der Waals surface area contributed by atoms with Crippen LogP contribution in [0.25, 0.3) is 0 Å². The third-order valence-electron chi connectivity index (χ3n) is 5.42. The zero-order valence-corrected chi connectivity index (χ0v) is 15.3. The van der Waals surface area contributed by atoms with E-state index in [1.54, 1.807) is 12.4 Å². The lowest BCUT2D eigenvalue weighted by atomic mass is 10.0. The molecule has 1 aliphatic heterocycles. The van der Waals surface area contributed by atoms with Crippen LogP contribution in [0.5, 0.6) is 0 Å². The molecule has 0 atom stereocenters. The van der Waals surface area contributed by atoms with E-state index in [0.29, 0.717) is 19.4 Å². The molecule has 1 aliphatic carbocycles. The molecule has 2 heterocycles. The molecule has 2 aliphatic rings. The van der Waals surface area contributed by atoms with E-state index in [4.69, 9.17) is 0 Å². The monoisotopic (exact) mass is 364 g/mol. The summed E-state index contributed by atoms with van der Waals surface area (Å²) in [5.74, 6) is -0.422. The first-order valence-corrected chi connectivity index (χ1v) is 9.51. The molecule has 1 saturated carbocycles. The Labute approximate surface area is 159 Å². The van der Waals surface area contributed by atoms with Crippen molar-refractivity contribution in [2.24, 2.45) is 5.41 Å². The van der Waals surface area contributed by atoms with E-state index in [9.17, 15) is 9.59 Å². The van der Waals surface area contributed by atoms with Gasteiger partial charge in [0.15, 0.2) is 0 Å². The fourth-order valence-corrected chi connectivity index (χ4v) is 3.52. The maximum atomic E-state index is 12.7. The number of amides is 2. The molecule has 1 saturated heterocycles. The molecule has 0 spiro atoms. The van der Waals surface area contributed by atoms with Gasteiger partial charge in [-0.3, -0.25) is 14.6 Å². The summed E-state index contributed by atoms with van der Waals surface area (Å²) in [4.78, 5) is 31.6. The Bertz CT molecular complexity index is 810. The van der Waals surface area contributed by atoms with Crippen LogP contribution >= 0.6 is 0 Å². The second kappa shape index (κ2) is 7.39. The fourth-order valence-electron chi connectivity index (χ4n) is 3.52. The molecule has 0 radical (unpaired) electrons. The predicted octanol–water partition coefficient (Wildman–Crippen LogP) is 2.72. The van der Waals surface area contributed by atoms with E-state index in [1.807, 2.05) is 36.4 Å². The summed E-state index contributed by atoms with van der Waals surface area (Å²) in [5, 5.41) is 5.79. The van der Waals surface area contributed by atoms with Gasteiger partial charge in [0.05, 0.1) is 0 Å². The summed E-state index contributed by atoms with van der Waals surface area (Å²) in [7, 11) is 0. The highest BCUT2D eigenvalue weighted by molar-refractivity contribution is 6.13. The average Bonchev–Trinajstić information content (AvgIpc) is 3.35. The van der Waals surface area contributed by atoms with Gasteiger partial charge in [0.1, 0.15) is 5.41 Å². The van der Waals surface area contributed by atoms with Gasteiger partial charge < -0.3 is 15.5 Å². The van der Waals surface area contributed by atoms with E-state index in [2.05, 4.69) is 20.5 Å². The molecule has 6 nitrogen and oxygen atoms in total.